The van der Waals surface area contributed by atoms with Gasteiger partial charge in [0.2, 0.25) is 5.91 Å². The number of carbonyl (C=O) groups excluding carboxylic acids is 2. The minimum atomic E-state index is -0.641. The van der Waals surface area contributed by atoms with Crippen LogP contribution in [0, 0.1) is 0 Å². The van der Waals surface area contributed by atoms with E-state index in [2.05, 4.69) is 16.0 Å². The highest BCUT2D eigenvalue weighted by atomic mass is 16.6. The van der Waals surface area contributed by atoms with Crippen LogP contribution in [0.2, 0.25) is 0 Å². The average molecular weight is 450 g/mol. The fourth-order valence-corrected chi connectivity index (χ4v) is 4.41. The highest BCUT2D eigenvalue weighted by Gasteiger charge is 2.30. The molecule has 3 aromatic rings. The molecule has 0 unspecified atom stereocenters. The molecule has 0 spiro atoms. The van der Waals surface area contributed by atoms with E-state index in [1.807, 2.05) is 51.1 Å². The number of pyridine rings is 1. The van der Waals surface area contributed by atoms with Gasteiger partial charge in [-0.1, -0.05) is 18.2 Å². The first kappa shape index (κ1) is 22.9. The van der Waals surface area contributed by atoms with Crippen molar-refractivity contribution in [1.29, 1.82) is 0 Å². The van der Waals surface area contributed by atoms with Crippen LogP contribution in [0.3, 0.4) is 0 Å². The number of nitrogens with two attached hydrogens (primary N) is 1. The Balaban J connectivity index is 1.74. The number of benzene rings is 1. The Hall–Kier alpha value is -3.26. The van der Waals surface area contributed by atoms with Gasteiger partial charge in [-0.3, -0.25) is 14.7 Å². The van der Waals surface area contributed by atoms with Crippen LogP contribution in [0.15, 0.2) is 42.6 Å². The van der Waals surface area contributed by atoms with Crippen molar-refractivity contribution in [1.82, 2.24) is 19.4 Å². The normalized spacial score (nSPS) is 16.1. The summed E-state index contributed by atoms with van der Waals surface area (Å²) in [6.45, 7) is 6.34. The van der Waals surface area contributed by atoms with E-state index in [9.17, 15) is 9.59 Å². The predicted molar refractivity (Wildman–Crippen MR) is 126 cm³/mol. The van der Waals surface area contributed by atoms with Crippen molar-refractivity contribution in [2.75, 3.05) is 6.54 Å². The van der Waals surface area contributed by atoms with Gasteiger partial charge in [0.25, 0.3) is 0 Å². The number of aryl methyl sites for hydroxylation is 1. The largest absolute Gasteiger partial charge is 0.443 e. The second-order valence-corrected chi connectivity index (χ2v) is 9.48. The third kappa shape index (κ3) is 5.22. The van der Waals surface area contributed by atoms with Gasteiger partial charge in [0.15, 0.2) is 0 Å². The van der Waals surface area contributed by atoms with Crippen LogP contribution in [0.4, 0.5) is 4.79 Å². The molecule has 2 N–H and O–H groups in total. The summed E-state index contributed by atoms with van der Waals surface area (Å²) in [5.41, 5.74) is 8.50. The van der Waals surface area contributed by atoms with Gasteiger partial charge in [0.05, 0.1) is 29.3 Å². The number of hydrogen-bond acceptors (Lipinski definition) is 6. The van der Waals surface area contributed by atoms with E-state index in [4.69, 9.17) is 15.5 Å². The van der Waals surface area contributed by atoms with E-state index in [1.165, 1.54) is 5.56 Å². The highest BCUT2D eigenvalue weighted by Crippen LogP contribution is 2.34. The van der Waals surface area contributed by atoms with E-state index < -0.39 is 11.7 Å². The summed E-state index contributed by atoms with van der Waals surface area (Å²) in [6.07, 6.45) is 4.47. The lowest BCUT2D eigenvalue weighted by Crippen LogP contribution is -2.36. The number of rotatable bonds is 6. The zero-order chi connectivity index (χ0) is 23.6. The number of aromatic nitrogens is 3. The minimum absolute atomic E-state index is 0.0150. The molecule has 33 heavy (non-hydrogen) atoms. The molecule has 2 aromatic heterocycles. The molecule has 0 aliphatic heterocycles. The summed E-state index contributed by atoms with van der Waals surface area (Å²) >= 11 is 0. The monoisotopic (exact) mass is 449 g/mol. The lowest BCUT2D eigenvalue weighted by atomic mass is 9.90. The van der Waals surface area contributed by atoms with Gasteiger partial charge in [-0.05, 0) is 63.8 Å². The zero-order valence-corrected chi connectivity index (χ0v) is 19.5. The van der Waals surface area contributed by atoms with Crippen LogP contribution < -0.4 is 5.73 Å². The van der Waals surface area contributed by atoms with Crippen molar-refractivity contribution < 1.29 is 14.3 Å². The summed E-state index contributed by atoms with van der Waals surface area (Å²) in [5.74, 6) is 0.204. The van der Waals surface area contributed by atoms with E-state index in [-0.39, 0.29) is 18.4 Å². The lowest BCUT2D eigenvalue weighted by Gasteiger charge is -2.34. The molecule has 174 valence electrons. The number of carbonyl (C=O) groups is 2. The number of fused-ring (bicyclic) bond motifs is 2. The molecule has 0 radical (unpaired) electrons. The Kier molecular flexibility index (Phi) is 6.47. The van der Waals surface area contributed by atoms with E-state index in [1.54, 1.807) is 10.8 Å². The Morgan fingerprint density at radius 3 is 2.76 bits per heavy atom. The first-order valence-corrected chi connectivity index (χ1v) is 11.4. The van der Waals surface area contributed by atoms with Gasteiger partial charge in [-0.2, -0.15) is 0 Å². The molecule has 0 bridgehead atoms. The number of nitrogens with zero attached hydrogens (tertiary/aromatic N) is 4. The summed E-state index contributed by atoms with van der Waals surface area (Å²) in [7, 11) is 0. The number of para-hydroxylation sites is 2. The summed E-state index contributed by atoms with van der Waals surface area (Å²) in [4.78, 5) is 36.4. The summed E-state index contributed by atoms with van der Waals surface area (Å²) in [6, 6.07) is 11.6. The number of primary amides is 1. The topological polar surface area (TPSA) is 103 Å². The molecule has 1 atom stereocenters. The number of ether oxygens (including phenoxy) is 1. The van der Waals surface area contributed by atoms with Crippen molar-refractivity contribution in [3.8, 4) is 0 Å². The van der Waals surface area contributed by atoms with E-state index in [0.717, 1.165) is 30.5 Å². The molecule has 0 saturated carbocycles. The number of imidazole rings is 1. The van der Waals surface area contributed by atoms with Crippen LogP contribution in [0.25, 0.3) is 11.0 Å². The number of hydrogen-bond donors (Lipinski definition) is 1. The lowest BCUT2D eigenvalue weighted by molar-refractivity contribution is -0.118. The molecule has 8 heteroatoms. The van der Waals surface area contributed by atoms with Gasteiger partial charge in [-0.15, -0.1) is 0 Å². The third-order valence-electron chi connectivity index (χ3n) is 5.80. The Morgan fingerprint density at radius 2 is 2.00 bits per heavy atom. The van der Waals surface area contributed by atoms with Gasteiger partial charge in [0, 0.05) is 19.2 Å². The molecule has 1 aliphatic rings. The van der Waals surface area contributed by atoms with Crippen LogP contribution in [-0.4, -0.2) is 43.6 Å². The van der Waals surface area contributed by atoms with E-state index in [0.29, 0.717) is 24.4 Å². The molecular formula is C25H31N5O3. The maximum absolute atomic E-state index is 13.2. The van der Waals surface area contributed by atoms with Gasteiger partial charge in [-0.25, -0.2) is 14.3 Å². The van der Waals surface area contributed by atoms with Crippen molar-refractivity contribution in [2.24, 2.45) is 5.73 Å². The van der Waals surface area contributed by atoms with Crippen molar-refractivity contribution in [3.63, 3.8) is 0 Å². The fraction of sp³-hybridized carbons (Fsp3) is 0.440. The quantitative estimate of drug-likeness (QED) is 0.611. The van der Waals surface area contributed by atoms with Crippen LogP contribution in [0.1, 0.15) is 63.2 Å². The molecule has 8 nitrogen and oxygen atoms in total. The molecule has 1 aliphatic carbocycles. The first-order chi connectivity index (χ1) is 15.7. The Labute approximate surface area is 193 Å². The SMILES string of the molecule is CC(C)(C)OC(=O)n1c(CN(CCC(N)=O)[C@H]2CCCc3cccnc32)nc2ccccc21. The van der Waals surface area contributed by atoms with Crippen molar-refractivity contribution in [2.45, 2.75) is 64.6 Å². The summed E-state index contributed by atoms with van der Waals surface area (Å²) in [5, 5.41) is 0. The molecule has 2 heterocycles. The average Bonchev–Trinajstić information content (AvgIpc) is 3.13. The first-order valence-electron chi connectivity index (χ1n) is 11.4. The highest BCUT2D eigenvalue weighted by molar-refractivity contribution is 5.87. The van der Waals surface area contributed by atoms with Crippen LogP contribution >= 0.6 is 0 Å². The molecular weight excluding hydrogens is 418 g/mol. The van der Waals surface area contributed by atoms with Gasteiger partial charge < -0.3 is 10.5 Å². The maximum atomic E-state index is 13.2. The van der Waals surface area contributed by atoms with Crippen LogP contribution in [0.5, 0.6) is 0 Å². The molecule has 1 aromatic carbocycles. The number of amides is 1. The smallest absolute Gasteiger partial charge is 0.420 e. The minimum Gasteiger partial charge on any atom is -0.443 e. The fourth-order valence-electron chi connectivity index (χ4n) is 4.41. The van der Waals surface area contributed by atoms with Crippen LogP contribution in [-0.2, 0) is 22.5 Å². The second kappa shape index (κ2) is 9.31. The third-order valence-corrected chi connectivity index (χ3v) is 5.80. The standard InChI is InChI=1S/C25H31N5O3/c1-25(2,3)33-24(32)30-19-11-5-4-10-18(19)28-22(30)16-29(15-13-21(26)31)20-12-6-8-17-9-7-14-27-23(17)20/h4-5,7,9-11,14,20H,6,8,12-13,15-16H2,1-3H3,(H2,26,31)/t20-/m0/s1. The maximum Gasteiger partial charge on any atom is 0.420 e. The van der Waals surface area contributed by atoms with Gasteiger partial charge >= 0.3 is 6.09 Å². The van der Waals surface area contributed by atoms with Crippen molar-refractivity contribution >= 4 is 23.0 Å². The van der Waals surface area contributed by atoms with E-state index >= 15 is 0 Å². The van der Waals surface area contributed by atoms with Crippen molar-refractivity contribution in [3.05, 3.63) is 59.7 Å². The zero-order valence-electron chi connectivity index (χ0n) is 19.5. The Morgan fingerprint density at radius 1 is 1.21 bits per heavy atom. The van der Waals surface area contributed by atoms with Gasteiger partial charge in [0.1, 0.15) is 11.4 Å². The predicted octanol–water partition coefficient (Wildman–Crippen LogP) is 3.97. The molecule has 0 saturated heterocycles. The molecule has 0 fully saturated rings. The summed E-state index contributed by atoms with van der Waals surface area (Å²) < 4.78 is 7.23. The Bertz CT molecular complexity index is 1160. The second-order valence-electron chi connectivity index (χ2n) is 9.48. The molecule has 1 amide bonds. The molecule has 4 rings (SSSR count).